The second-order valence-electron chi connectivity index (χ2n) is 4.12. The zero-order valence-corrected chi connectivity index (χ0v) is 8.36. The van der Waals surface area contributed by atoms with Crippen molar-refractivity contribution in [1.29, 1.82) is 0 Å². The summed E-state index contributed by atoms with van der Waals surface area (Å²) in [7, 11) is 0. The van der Waals surface area contributed by atoms with Gasteiger partial charge in [0, 0.05) is 13.1 Å². The van der Waals surface area contributed by atoms with Crippen LogP contribution in [0.3, 0.4) is 0 Å². The third kappa shape index (κ3) is 1.66. The molecule has 2 N–H and O–H groups in total. The fourth-order valence-corrected chi connectivity index (χ4v) is 1.74. The predicted molar refractivity (Wildman–Crippen MR) is 49.1 cm³/mol. The van der Waals surface area contributed by atoms with Gasteiger partial charge in [-0.1, -0.05) is 6.92 Å². The van der Waals surface area contributed by atoms with Crippen molar-refractivity contribution >= 4 is 12.1 Å². The number of carboxylic acid groups (broad SMARTS) is 2. The Morgan fingerprint density at radius 2 is 2.00 bits per heavy atom. The molecule has 80 valence electrons. The maximum absolute atomic E-state index is 11.0. The average Bonchev–Trinajstić information content (AvgIpc) is 2.09. The highest BCUT2D eigenvalue weighted by Crippen LogP contribution is 2.35. The van der Waals surface area contributed by atoms with Crippen LogP contribution in [0.5, 0.6) is 0 Å². The quantitative estimate of drug-likeness (QED) is 0.665. The van der Waals surface area contributed by atoms with Crippen LogP contribution in [0.1, 0.15) is 20.3 Å². The molecular weight excluding hydrogens is 186 g/mol. The lowest BCUT2D eigenvalue weighted by Gasteiger charge is -2.40. The number of hydrogen-bond donors (Lipinski definition) is 2. The van der Waals surface area contributed by atoms with E-state index in [-0.39, 0.29) is 12.5 Å². The van der Waals surface area contributed by atoms with Gasteiger partial charge in [0.05, 0.1) is 5.41 Å². The number of likely N-dealkylation sites (tertiary alicyclic amines) is 1. The highest BCUT2D eigenvalue weighted by molar-refractivity contribution is 5.76. The zero-order valence-electron chi connectivity index (χ0n) is 8.36. The molecule has 1 amide bonds. The van der Waals surface area contributed by atoms with Crippen LogP contribution in [0.2, 0.25) is 0 Å². The molecule has 1 aliphatic rings. The van der Waals surface area contributed by atoms with E-state index >= 15 is 0 Å². The summed E-state index contributed by atoms with van der Waals surface area (Å²) in [5.74, 6) is -0.911. The number of piperidine rings is 1. The Hall–Kier alpha value is -1.26. The molecule has 5 heteroatoms. The zero-order chi connectivity index (χ0) is 10.9. The van der Waals surface area contributed by atoms with Gasteiger partial charge in [-0.15, -0.1) is 0 Å². The third-order valence-electron chi connectivity index (χ3n) is 3.20. The van der Waals surface area contributed by atoms with Crippen molar-refractivity contribution in [2.45, 2.75) is 20.3 Å². The largest absolute Gasteiger partial charge is 0.481 e. The van der Waals surface area contributed by atoms with Gasteiger partial charge in [0.1, 0.15) is 0 Å². The number of rotatable bonds is 1. The Labute approximate surface area is 82.3 Å². The molecular formula is C9H15NO4. The Kier molecular flexibility index (Phi) is 2.69. The number of amides is 1. The molecule has 0 spiro atoms. The van der Waals surface area contributed by atoms with Crippen molar-refractivity contribution in [3.63, 3.8) is 0 Å². The summed E-state index contributed by atoms with van der Waals surface area (Å²) in [5.41, 5.74) is -0.948. The molecule has 1 aliphatic heterocycles. The maximum atomic E-state index is 11.0. The second kappa shape index (κ2) is 3.48. The lowest BCUT2D eigenvalue weighted by Crippen LogP contribution is -2.52. The normalized spacial score (nSPS) is 32.7. The van der Waals surface area contributed by atoms with E-state index in [0.29, 0.717) is 13.0 Å². The SMILES string of the molecule is CC1CCN(C(=O)O)CC1(C)C(=O)O. The molecule has 0 saturated carbocycles. The number of hydrogen-bond acceptors (Lipinski definition) is 2. The van der Waals surface area contributed by atoms with E-state index in [4.69, 9.17) is 10.2 Å². The molecule has 2 atom stereocenters. The van der Waals surface area contributed by atoms with E-state index in [1.807, 2.05) is 6.92 Å². The molecule has 14 heavy (non-hydrogen) atoms. The minimum atomic E-state index is -1.04. The summed E-state index contributed by atoms with van der Waals surface area (Å²) in [5, 5.41) is 17.8. The summed E-state index contributed by atoms with van der Waals surface area (Å²) < 4.78 is 0. The first kappa shape index (κ1) is 10.8. The second-order valence-corrected chi connectivity index (χ2v) is 4.12. The van der Waals surface area contributed by atoms with Crippen LogP contribution in [0.4, 0.5) is 4.79 Å². The van der Waals surface area contributed by atoms with E-state index < -0.39 is 17.5 Å². The Bertz CT molecular complexity index is 266. The first-order valence-corrected chi connectivity index (χ1v) is 4.59. The summed E-state index contributed by atoms with van der Waals surface area (Å²) >= 11 is 0. The van der Waals surface area contributed by atoms with Gasteiger partial charge >= 0.3 is 12.1 Å². The van der Waals surface area contributed by atoms with E-state index in [1.54, 1.807) is 6.92 Å². The number of carbonyl (C=O) groups is 2. The molecule has 0 aromatic carbocycles. The third-order valence-corrected chi connectivity index (χ3v) is 3.20. The Morgan fingerprint density at radius 3 is 2.43 bits per heavy atom. The van der Waals surface area contributed by atoms with E-state index in [0.717, 1.165) is 0 Å². The van der Waals surface area contributed by atoms with E-state index in [9.17, 15) is 9.59 Å². The van der Waals surface area contributed by atoms with Crippen LogP contribution in [0.15, 0.2) is 0 Å². The minimum absolute atomic E-state index is 0.00981. The van der Waals surface area contributed by atoms with Crippen LogP contribution in [0.25, 0.3) is 0 Å². The molecule has 1 saturated heterocycles. The van der Waals surface area contributed by atoms with Crippen molar-refractivity contribution in [2.75, 3.05) is 13.1 Å². The Morgan fingerprint density at radius 1 is 1.43 bits per heavy atom. The van der Waals surface area contributed by atoms with Crippen LogP contribution in [-0.2, 0) is 4.79 Å². The fourth-order valence-electron chi connectivity index (χ4n) is 1.74. The molecule has 1 fully saturated rings. The van der Waals surface area contributed by atoms with Gasteiger partial charge in [0.2, 0.25) is 0 Å². The van der Waals surface area contributed by atoms with Crippen molar-refractivity contribution in [3.05, 3.63) is 0 Å². The molecule has 0 bridgehead atoms. The molecule has 2 unspecified atom stereocenters. The maximum Gasteiger partial charge on any atom is 0.407 e. The number of aliphatic carboxylic acids is 1. The predicted octanol–water partition coefficient (Wildman–Crippen LogP) is 1.10. The number of carboxylic acids is 1. The van der Waals surface area contributed by atoms with Gasteiger partial charge in [-0.3, -0.25) is 4.79 Å². The summed E-state index contributed by atoms with van der Waals surface area (Å²) in [6.45, 7) is 3.97. The van der Waals surface area contributed by atoms with Crippen LogP contribution in [0, 0.1) is 11.3 Å². The Balaban J connectivity index is 2.83. The minimum Gasteiger partial charge on any atom is -0.481 e. The molecule has 0 radical (unpaired) electrons. The highest BCUT2D eigenvalue weighted by Gasteiger charge is 2.44. The van der Waals surface area contributed by atoms with Crippen molar-refractivity contribution in [3.8, 4) is 0 Å². The van der Waals surface area contributed by atoms with Crippen molar-refractivity contribution < 1.29 is 19.8 Å². The molecule has 0 aliphatic carbocycles. The fraction of sp³-hybridized carbons (Fsp3) is 0.778. The smallest absolute Gasteiger partial charge is 0.407 e. The summed E-state index contributed by atoms with van der Waals surface area (Å²) in [6, 6.07) is 0. The average molecular weight is 201 g/mol. The topological polar surface area (TPSA) is 77.8 Å². The van der Waals surface area contributed by atoms with Crippen molar-refractivity contribution in [1.82, 2.24) is 4.90 Å². The molecule has 0 aromatic rings. The molecule has 5 nitrogen and oxygen atoms in total. The van der Waals surface area contributed by atoms with Crippen molar-refractivity contribution in [2.24, 2.45) is 11.3 Å². The van der Waals surface area contributed by atoms with Gasteiger partial charge in [-0.2, -0.15) is 0 Å². The molecule has 1 rings (SSSR count). The molecule has 0 aromatic heterocycles. The van der Waals surface area contributed by atoms with E-state index in [1.165, 1.54) is 4.90 Å². The molecule has 1 heterocycles. The van der Waals surface area contributed by atoms with Crippen LogP contribution < -0.4 is 0 Å². The van der Waals surface area contributed by atoms with Crippen LogP contribution >= 0.6 is 0 Å². The standard InChI is InChI=1S/C9H15NO4/c1-6-3-4-10(8(13)14)5-9(6,2)7(11)12/h6H,3-5H2,1-2H3,(H,11,12)(H,13,14). The van der Waals surface area contributed by atoms with Gasteiger partial charge in [0.15, 0.2) is 0 Å². The first-order chi connectivity index (χ1) is 6.38. The highest BCUT2D eigenvalue weighted by atomic mass is 16.4. The van der Waals surface area contributed by atoms with Crippen LogP contribution in [-0.4, -0.2) is 40.3 Å². The number of nitrogens with zero attached hydrogens (tertiary/aromatic N) is 1. The lowest BCUT2D eigenvalue weighted by molar-refractivity contribution is -0.154. The monoisotopic (exact) mass is 201 g/mol. The van der Waals surface area contributed by atoms with Gasteiger partial charge < -0.3 is 15.1 Å². The first-order valence-electron chi connectivity index (χ1n) is 4.59. The van der Waals surface area contributed by atoms with Gasteiger partial charge in [0.25, 0.3) is 0 Å². The van der Waals surface area contributed by atoms with E-state index in [2.05, 4.69) is 0 Å². The van der Waals surface area contributed by atoms with Gasteiger partial charge in [-0.25, -0.2) is 4.79 Å². The lowest BCUT2D eigenvalue weighted by atomic mass is 9.73. The summed E-state index contributed by atoms with van der Waals surface area (Å²) in [6.07, 6.45) is -0.431. The van der Waals surface area contributed by atoms with Gasteiger partial charge in [-0.05, 0) is 19.3 Å². The summed E-state index contributed by atoms with van der Waals surface area (Å²) in [4.78, 5) is 22.9.